The number of hydrogen-bond donors (Lipinski definition) is 3. The lowest BCUT2D eigenvalue weighted by Gasteiger charge is -2.07. The highest BCUT2D eigenvalue weighted by Gasteiger charge is 2.14. The van der Waals surface area contributed by atoms with Gasteiger partial charge in [0.15, 0.2) is 0 Å². The number of nitrogens with one attached hydrogen (secondary N) is 1. The SMILES string of the molecule is Cc1cc(S(=O)(=O)O)ccc1-n1[nH]c(OC(=O)O)cc1=O. The second kappa shape index (κ2) is 5.07. The van der Waals surface area contributed by atoms with Crippen molar-refractivity contribution in [3.05, 3.63) is 40.2 Å². The minimum atomic E-state index is -4.35. The summed E-state index contributed by atoms with van der Waals surface area (Å²) in [6.45, 7) is 1.52. The van der Waals surface area contributed by atoms with Gasteiger partial charge in [0.25, 0.3) is 15.7 Å². The van der Waals surface area contributed by atoms with Crippen molar-refractivity contribution >= 4 is 16.3 Å². The topological polar surface area (TPSA) is 139 Å². The van der Waals surface area contributed by atoms with Crippen molar-refractivity contribution in [3.8, 4) is 11.6 Å². The first-order chi connectivity index (χ1) is 9.68. The molecule has 1 aromatic heterocycles. The lowest BCUT2D eigenvalue weighted by atomic mass is 10.2. The molecule has 2 aromatic rings. The summed E-state index contributed by atoms with van der Waals surface area (Å²) in [6, 6.07) is 4.52. The molecule has 0 unspecified atom stereocenters. The number of ether oxygens (including phenoxy) is 1. The number of hydrogen-bond acceptors (Lipinski definition) is 5. The summed E-state index contributed by atoms with van der Waals surface area (Å²) in [5, 5.41) is 10.9. The lowest BCUT2D eigenvalue weighted by molar-refractivity contribution is 0.142. The van der Waals surface area contributed by atoms with Crippen LogP contribution in [0, 0.1) is 6.92 Å². The molecule has 0 aliphatic rings. The zero-order valence-corrected chi connectivity index (χ0v) is 11.4. The second-order valence-corrected chi connectivity index (χ2v) is 5.51. The van der Waals surface area contributed by atoms with Crippen LogP contribution in [-0.2, 0) is 10.1 Å². The van der Waals surface area contributed by atoms with Crippen LogP contribution in [0.2, 0.25) is 0 Å². The Hall–Kier alpha value is -2.59. The molecule has 0 amide bonds. The van der Waals surface area contributed by atoms with Crippen LogP contribution in [0.15, 0.2) is 34.0 Å². The van der Waals surface area contributed by atoms with Crippen molar-refractivity contribution in [3.63, 3.8) is 0 Å². The number of carboxylic acid groups (broad SMARTS) is 1. The van der Waals surface area contributed by atoms with Gasteiger partial charge in [-0.1, -0.05) is 0 Å². The van der Waals surface area contributed by atoms with Crippen LogP contribution < -0.4 is 10.3 Å². The quantitative estimate of drug-likeness (QED) is 0.562. The Kier molecular flexibility index (Phi) is 3.58. The van der Waals surface area contributed by atoms with Crippen LogP contribution in [0.5, 0.6) is 5.88 Å². The van der Waals surface area contributed by atoms with Gasteiger partial charge in [-0.3, -0.25) is 14.4 Å². The molecule has 1 heterocycles. The summed E-state index contributed by atoms with van der Waals surface area (Å²) in [6.07, 6.45) is -1.58. The molecule has 112 valence electrons. The standard InChI is InChI=1S/C11H10N2O7S/c1-6-4-7(21(17,18)19)2-3-8(6)13-10(14)5-9(12-13)20-11(15)16/h2-5,12H,1H3,(H,15,16)(H,17,18,19). The maximum Gasteiger partial charge on any atom is 0.512 e. The van der Waals surface area contributed by atoms with E-state index in [1.165, 1.54) is 19.1 Å². The summed E-state index contributed by atoms with van der Waals surface area (Å²) in [4.78, 5) is 21.8. The van der Waals surface area contributed by atoms with Crippen molar-refractivity contribution in [1.29, 1.82) is 0 Å². The van der Waals surface area contributed by atoms with Gasteiger partial charge >= 0.3 is 6.16 Å². The molecule has 1 aromatic carbocycles. The maximum absolute atomic E-state index is 11.7. The molecule has 2 rings (SSSR count). The highest BCUT2D eigenvalue weighted by Crippen LogP contribution is 2.18. The third kappa shape index (κ3) is 3.12. The molecule has 0 spiro atoms. The highest BCUT2D eigenvalue weighted by atomic mass is 32.2. The van der Waals surface area contributed by atoms with Crippen LogP contribution in [0.25, 0.3) is 5.69 Å². The van der Waals surface area contributed by atoms with Gasteiger partial charge in [-0.05, 0) is 30.7 Å². The van der Waals surface area contributed by atoms with Crippen molar-refractivity contribution in [2.45, 2.75) is 11.8 Å². The number of H-pyrrole nitrogens is 1. The van der Waals surface area contributed by atoms with Crippen molar-refractivity contribution in [2.75, 3.05) is 0 Å². The van der Waals surface area contributed by atoms with Crippen LogP contribution >= 0.6 is 0 Å². The minimum Gasteiger partial charge on any atom is -0.449 e. The van der Waals surface area contributed by atoms with E-state index in [-0.39, 0.29) is 16.5 Å². The molecule has 3 N–H and O–H groups in total. The van der Waals surface area contributed by atoms with E-state index in [2.05, 4.69) is 9.84 Å². The molecule has 21 heavy (non-hydrogen) atoms. The van der Waals surface area contributed by atoms with Crippen molar-refractivity contribution in [2.24, 2.45) is 0 Å². The van der Waals surface area contributed by atoms with E-state index in [0.29, 0.717) is 5.56 Å². The molecule has 0 saturated heterocycles. The number of rotatable bonds is 3. The summed E-state index contributed by atoms with van der Waals surface area (Å²) in [5.41, 5.74) is 0.0672. The molecular weight excluding hydrogens is 304 g/mol. The van der Waals surface area contributed by atoms with Gasteiger partial charge in [-0.25, -0.2) is 9.48 Å². The number of benzene rings is 1. The number of aryl methyl sites for hydroxylation is 1. The lowest BCUT2D eigenvalue weighted by Crippen LogP contribution is -2.15. The molecular formula is C11H10N2O7S. The molecule has 9 nitrogen and oxygen atoms in total. The Balaban J connectivity index is 2.50. The Morgan fingerprint density at radius 2 is 2.00 bits per heavy atom. The zero-order valence-electron chi connectivity index (χ0n) is 10.6. The molecule has 0 aliphatic carbocycles. The van der Waals surface area contributed by atoms with Crippen molar-refractivity contribution in [1.82, 2.24) is 9.78 Å². The molecule has 0 atom stereocenters. The third-order valence-corrected chi connectivity index (χ3v) is 3.45. The fourth-order valence-corrected chi connectivity index (χ4v) is 2.30. The Morgan fingerprint density at radius 1 is 1.33 bits per heavy atom. The molecule has 0 bridgehead atoms. The Morgan fingerprint density at radius 3 is 2.52 bits per heavy atom. The van der Waals surface area contributed by atoms with Crippen LogP contribution in [0.1, 0.15) is 5.56 Å². The number of aromatic amines is 1. The average molecular weight is 314 g/mol. The van der Waals surface area contributed by atoms with Gasteiger partial charge in [-0.2, -0.15) is 8.42 Å². The van der Waals surface area contributed by atoms with E-state index in [1.807, 2.05) is 0 Å². The maximum atomic E-state index is 11.7. The van der Waals surface area contributed by atoms with Gasteiger partial charge in [0, 0.05) is 0 Å². The minimum absolute atomic E-state index is 0.272. The fraction of sp³-hybridized carbons (Fsp3) is 0.0909. The first-order valence-corrected chi connectivity index (χ1v) is 6.94. The van der Waals surface area contributed by atoms with E-state index in [4.69, 9.17) is 9.66 Å². The monoisotopic (exact) mass is 314 g/mol. The third-order valence-electron chi connectivity index (χ3n) is 2.60. The second-order valence-electron chi connectivity index (χ2n) is 4.09. The van der Waals surface area contributed by atoms with E-state index in [9.17, 15) is 18.0 Å². The zero-order chi connectivity index (χ0) is 15.8. The molecule has 0 fully saturated rings. The Labute approximate surface area is 118 Å². The number of carbonyl (C=O) groups is 1. The largest absolute Gasteiger partial charge is 0.512 e. The molecule has 0 saturated carbocycles. The predicted octanol–water partition coefficient (Wildman–Crippen LogP) is 0.778. The van der Waals surface area contributed by atoms with E-state index in [0.717, 1.165) is 16.8 Å². The summed E-state index contributed by atoms with van der Waals surface area (Å²) in [5.74, 6) is -0.272. The van der Waals surface area contributed by atoms with Crippen LogP contribution in [0.4, 0.5) is 4.79 Å². The predicted molar refractivity (Wildman–Crippen MR) is 69.6 cm³/mol. The van der Waals surface area contributed by atoms with Gasteiger partial charge in [0.1, 0.15) is 0 Å². The molecule has 0 radical (unpaired) electrons. The van der Waals surface area contributed by atoms with E-state index < -0.39 is 21.8 Å². The van der Waals surface area contributed by atoms with E-state index >= 15 is 0 Å². The first-order valence-electron chi connectivity index (χ1n) is 5.50. The van der Waals surface area contributed by atoms with Crippen molar-refractivity contribution < 1.29 is 27.6 Å². The molecule has 10 heteroatoms. The molecule has 0 aliphatic heterocycles. The normalized spacial score (nSPS) is 11.3. The van der Waals surface area contributed by atoms with Crippen LogP contribution in [-0.4, -0.2) is 34.0 Å². The Bertz CT molecular complexity index is 863. The number of aromatic nitrogens is 2. The average Bonchev–Trinajstić information content (AvgIpc) is 2.67. The van der Waals surface area contributed by atoms with Gasteiger partial charge in [0.2, 0.25) is 5.88 Å². The summed E-state index contributed by atoms with van der Waals surface area (Å²) in [7, 11) is -4.35. The van der Waals surface area contributed by atoms with Gasteiger partial charge in [0.05, 0.1) is 16.6 Å². The first kappa shape index (κ1) is 14.8. The highest BCUT2D eigenvalue weighted by molar-refractivity contribution is 7.85. The summed E-state index contributed by atoms with van der Waals surface area (Å²) >= 11 is 0. The number of nitrogens with zero attached hydrogens (tertiary/aromatic N) is 1. The van der Waals surface area contributed by atoms with Gasteiger partial charge in [-0.15, -0.1) is 0 Å². The van der Waals surface area contributed by atoms with E-state index in [1.54, 1.807) is 0 Å². The fourth-order valence-electron chi connectivity index (χ4n) is 1.74. The van der Waals surface area contributed by atoms with Crippen LogP contribution in [0.3, 0.4) is 0 Å². The summed E-state index contributed by atoms with van der Waals surface area (Å²) < 4.78 is 36.3. The smallest absolute Gasteiger partial charge is 0.449 e. The van der Waals surface area contributed by atoms with Gasteiger partial charge < -0.3 is 9.84 Å².